The van der Waals surface area contributed by atoms with E-state index in [9.17, 15) is 0 Å². The molecule has 12 heavy (non-hydrogen) atoms. The van der Waals surface area contributed by atoms with E-state index in [0.29, 0.717) is 12.1 Å². The number of hydrogen-bond donors (Lipinski definition) is 2. The molecule has 0 saturated carbocycles. The molecule has 2 nitrogen and oxygen atoms in total. The van der Waals surface area contributed by atoms with Crippen LogP contribution in [0.1, 0.15) is 24.4 Å². The zero-order valence-corrected chi connectivity index (χ0v) is 7.81. The molecule has 0 amide bonds. The maximum Gasteiger partial charge on any atom is 0.0329 e. The van der Waals surface area contributed by atoms with Crippen LogP contribution in [-0.2, 0) is 0 Å². The van der Waals surface area contributed by atoms with Gasteiger partial charge in [0, 0.05) is 18.6 Å². The lowest BCUT2D eigenvalue weighted by Crippen LogP contribution is -2.41. The molecular weight excluding hydrogens is 168 g/mol. The maximum atomic E-state index is 5.79. The highest BCUT2D eigenvalue weighted by Crippen LogP contribution is 2.23. The molecule has 1 aliphatic heterocycles. The minimum atomic E-state index is 0.361. The van der Waals surface area contributed by atoms with Gasteiger partial charge < -0.3 is 11.1 Å². The summed E-state index contributed by atoms with van der Waals surface area (Å²) in [6, 6.07) is 3.11. The van der Waals surface area contributed by atoms with Gasteiger partial charge >= 0.3 is 0 Å². The molecule has 1 aliphatic rings. The van der Waals surface area contributed by atoms with E-state index in [2.05, 4.69) is 22.1 Å². The van der Waals surface area contributed by atoms with Crippen LogP contribution in [0, 0.1) is 0 Å². The summed E-state index contributed by atoms with van der Waals surface area (Å²) in [6.45, 7) is 0.959. The highest BCUT2D eigenvalue weighted by Gasteiger charge is 2.18. The smallest absolute Gasteiger partial charge is 0.0329 e. The zero-order valence-electron chi connectivity index (χ0n) is 6.99. The van der Waals surface area contributed by atoms with Crippen molar-refractivity contribution in [3.63, 3.8) is 0 Å². The molecule has 2 atom stereocenters. The van der Waals surface area contributed by atoms with Crippen LogP contribution in [0.5, 0.6) is 0 Å². The topological polar surface area (TPSA) is 38.0 Å². The summed E-state index contributed by atoms with van der Waals surface area (Å²) in [5, 5.41) is 7.80. The third-order valence-corrected chi connectivity index (χ3v) is 3.10. The van der Waals surface area contributed by atoms with Gasteiger partial charge in [0.1, 0.15) is 0 Å². The average Bonchev–Trinajstić information content (AvgIpc) is 2.58. The van der Waals surface area contributed by atoms with Crippen molar-refractivity contribution < 1.29 is 0 Å². The lowest BCUT2D eigenvalue weighted by Gasteiger charge is -2.27. The fourth-order valence-electron chi connectivity index (χ4n) is 1.64. The number of rotatable bonds is 1. The minimum absolute atomic E-state index is 0.361. The van der Waals surface area contributed by atoms with E-state index in [1.807, 2.05) is 0 Å². The number of thiophene rings is 1. The van der Waals surface area contributed by atoms with Gasteiger partial charge in [-0.25, -0.2) is 0 Å². The van der Waals surface area contributed by atoms with Crippen molar-refractivity contribution in [2.24, 2.45) is 5.73 Å². The molecule has 0 bridgehead atoms. The summed E-state index contributed by atoms with van der Waals surface area (Å²) in [5.74, 6) is 0. The first-order valence-electron chi connectivity index (χ1n) is 4.37. The number of piperidine rings is 1. The van der Waals surface area contributed by atoms with E-state index in [1.54, 1.807) is 11.3 Å². The molecule has 1 aromatic rings. The molecule has 2 rings (SSSR count). The van der Waals surface area contributed by atoms with Crippen LogP contribution in [0.4, 0.5) is 0 Å². The predicted molar refractivity (Wildman–Crippen MR) is 52.3 cm³/mol. The lowest BCUT2D eigenvalue weighted by atomic mass is 9.97. The third kappa shape index (κ3) is 1.68. The average molecular weight is 182 g/mol. The Hall–Kier alpha value is -0.380. The first kappa shape index (κ1) is 8.23. The molecule has 0 aliphatic carbocycles. The lowest BCUT2D eigenvalue weighted by molar-refractivity contribution is 0.374. The second kappa shape index (κ2) is 3.56. The summed E-state index contributed by atoms with van der Waals surface area (Å²) in [7, 11) is 0. The van der Waals surface area contributed by atoms with Gasteiger partial charge in [-0.2, -0.15) is 11.3 Å². The van der Waals surface area contributed by atoms with Gasteiger partial charge in [0.05, 0.1) is 0 Å². The Bertz CT molecular complexity index is 225. The minimum Gasteiger partial charge on any atom is -0.327 e. The van der Waals surface area contributed by atoms with Crippen molar-refractivity contribution in [3.05, 3.63) is 22.4 Å². The quantitative estimate of drug-likeness (QED) is 0.690. The van der Waals surface area contributed by atoms with E-state index < -0.39 is 0 Å². The Kier molecular flexibility index (Phi) is 2.44. The van der Waals surface area contributed by atoms with Crippen LogP contribution < -0.4 is 11.1 Å². The Balaban J connectivity index is 1.99. The molecule has 1 aromatic heterocycles. The number of nitrogens with two attached hydrogens (primary N) is 1. The largest absolute Gasteiger partial charge is 0.327 e. The highest BCUT2D eigenvalue weighted by atomic mass is 32.1. The van der Waals surface area contributed by atoms with Gasteiger partial charge in [-0.1, -0.05) is 0 Å². The molecule has 0 spiro atoms. The molecule has 2 heterocycles. The van der Waals surface area contributed by atoms with E-state index in [0.717, 1.165) is 13.0 Å². The SMILES string of the molecule is NC1CCC(c2ccsc2)NC1. The summed E-state index contributed by atoms with van der Waals surface area (Å²) >= 11 is 1.76. The molecule has 3 N–H and O–H groups in total. The van der Waals surface area contributed by atoms with Crippen molar-refractivity contribution in [2.45, 2.75) is 24.9 Å². The molecule has 0 radical (unpaired) electrons. The Morgan fingerprint density at radius 2 is 2.42 bits per heavy atom. The van der Waals surface area contributed by atoms with Crippen LogP contribution in [-0.4, -0.2) is 12.6 Å². The molecule has 0 aromatic carbocycles. The van der Waals surface area contributed by atoms with Crippen molar-refractivity contribution >= 4 is 11.3 Å². The van der Waals surface area contributed by atoms with Gasteiger partial charge in [0.2, 0.25) is 0 Å². The van der Waals surface area contributed by atoms with Crippen molar-refractivity contribution in [2.75, 3.05) is 6.54 Å². The monoisotopic (exact) mass is 182 g/mol. The van der Waals surface area contributed by atoms with Gasteiger partial charge in [-0.15, -0.1) is 0 Å². The first-order chi connectivity index (χ1) is 5.86. The van der Waals surface area contributed by atoms with Crippen LogP contribution in [0.3, 0.4) is 0 Å². The molecule has 1 saturated heterocycles. The van der Waals surface area contributed by atoms with Crippen molar-refractivity contribution in [3.8, 4) is 0 Å². The Labute approximate surface area is 76.8 Å². The molecule has 3 heteroatoms. The van der Waals surface area contributed by atoms with Gasteiger partial charge in [0.25, 0.3) is 0 Å². The maximum absolute atomic E-state index is 5.79. The van der Waals surface area contributed by atoms with Crippen LogP contribution in [0.2, 0.25) is 0 Å². The van der Waals surface area contributed by atoms with Crippen LogP contribution >= 0.6 is 11.3 Å². The summed E-state index contributed by atoms with van der Waals surface area (Å²) in [4.78, 5) is 0. The van der Waals surface area contributed by atoms with Crippen LogP contribution in [0.25, 0.3) is 0 Å². The second-order valence-electron chi connectivity index (χ2n) is 3.35. The van der Waals surface area contributed by atoms with E-state index >= 15 is 0 Å². The third-order valence-electron chi connectivity index (χ3n) is 2.40. The van der Waals surface area contributed by atoms with Crippen molar-refractivity contribution in [1.82, 2.24) is 5.32 Å². The molecule has 1 fully saturated rings. The molecular formula is C9H14N2S. The Morgan fingerprint density at radius 1 is 1.50 bits per heavy atom. The molecule has 66 valence electrons. The molecule has 2 unspecified atom stereocenters. The highest BCUT2D eigenvalue weighted by molar-refractivity contribution is 7.07. The normalized spacial score (nSPS) is 30.4. The predicted octanol–water partition coefficient (Wildman–Crippen LogP) is 1.50. The summed E-state index contributed by atoms with van der Waals surface area (Å²) in [5.41, 5.74) is 7.21. The first-order valence-corrected chi connectivity index (χ1v) is 5.31. The Morgan fingerprint density at radius 3 is 3.00 bits per heavy atom. The number of nitrogens with one attached hydrogen (secondary N) is 1. The summed E-state index contributed by atoms with van der Waals surface area (Å²) < 4.78 is 0. The fraction of sp³-hybridized carbons (Fsp3) is 0.556. The van der Waals surface area contributed by atoms with Gasteiger partial charge in [-0.3, -0.25) is 0 Å². The van der Waals surface area contributed by atoms with Crippen LogP contribution in [0.15, 0.2) is 16.8 Å². The van der Waals surface area contributed by atoms with E-state index in [-0.39, 0.29) is 0 Å². The zero-order chi connectivity index (χ0) is 8.39. The van der Waals surface area contributed by atoms with Gasteiger partial charge in [-0.05, 0) is 35.2 Å². The van der Waals surface area contributed by atoms with E-state index in [4.69, 9.17) is 5.73 Å². The number of hydrogen-bond acceptors (Lipinski definition) is 3. The fourth-order valence-corrected chi connectivity index (χ4v) is 2.35. The van der Waals surface area contributed by atoms with Gasteiger partial charge in [0.15, 0.2) is 0 Å². The van der Waals surface area contributed by atoms with E-state index in [1.165, 1.54) is 12.0 Å². The standard InChI is InChI=1S/C9H14N2S/c10-8-1-2-9(11-5-8)7-3-4-12-6-7/h3-4,6,8-9,11H,1-2,5,10H2. The summed E-state index contributed by atoms with van der Waals surface area (Å²) in [6.07, 6.45) is 2.32. The second-order valence-corrected chi connectivity index (χ2v) is 4.13. The van der Waals surface area contributed by atoms with Crippen molar-refractivity contribution in [1.29, 1.82) is 0 Å².